The van der Waals surface area contributed by atoms with Crippen molar-refractivity contribution in [3.05, 3.63) is 64.2 Å². The van der Waals surface area contributed by atoms with Gasteiger partial charge in [0.15, 0.2) is 0 Å². The molecule has 0 saturated heterocycles. The first kappa shape index (κ1) is 16.5. The van der Waals surface area contributed by atoms with Gasteiger partial charge in [-0.05, 0) is 43.5 Å². The molecule has 1 heterocycles. The Labute approximate surface area is 144 Å². The number of anilines is 1. The van der Waals surface area contributed by atoms with E-state index in [2.05, 4.69) is 6.07 Å². The lowest BCUT2D eigenvalue weighted by Crippen LogP contribution is -2.40. The van der Waals surface area contributed by atoms with Gasteiger partial charge in [-0.2, -0.15) is 0 Å². The molecule has 3 rings (SSSR count). The number of para-hydroxylation sites is 1. The van der Waals surface area contributed by atoms with E-state index in [9.17, 15) is 14.9 Å². The van der Waals surface area contributed by atoms with Gasteiger partial charge in [-0.1, -0.05) is 18.2 Å². The van der Waals surface area contributed by atoms with Crippen molar-refractivity contribution >= 4 is 29.0 Å². The zero-order valence-electron chi connectivity index (χ0n) is 13.3. The van der Waals surface area contributed by atoms with Crippen LogP contribution in [0.1, 0.15) is 18.9 Å². The number of rotatable bonds is 4. The Morgan fingerprint density at radius 1 is 1.21 bits per heavy atom. The zero-order valence-corrected chi connectivity index (χ0v) is 14.2. The zero-order chi connectivity index (χ0) is 17.1. The maximum absolute atomic E-state index is 12.8. The topological polar surface area (TPSA) is 63.5 Å². The normalized spacial score (nSPS) is 14.8. The van der Waals surface area contributed by atoms with E-state index in [4.69, 9.17) is 0 Å². The average Bonchev–Trinajstić information content (AvgIpc) is 2.61. The number of benzene rings is 2. The van der Waals surface area contributed by atoms with Crippen LogP contribution in [-0.2, 0) is 11.2 Å². The van der Waals surface area contributed by atoms with Crippen LogP contribution in [0.4, 0.5) is 11.4 Å². The number of amides is 1. The number of fused-ring (bicyclic) bond motifs is 1. The average molecular weight is 342 g/mol. The van der Waals surface area contributed by atoms with Gasteiger partial charge in [-0.3, -0.25) is 14.9 Å². The SMILES string of the molecule is CC(Sc1ccc([N+](=O)[O-])cc1)C(=O)N1CCCc2ccccc21. The summed E-state index contributed by atoms with van der Waals surface area (Å²) in [6.45, 7) is 2.62. The third-order valence-corrected chi connectivity index (χ3v) is 5.18. The number of nitro groups is 1. The number of thioether (sulfide) groups is 1. The monoisotopic (exact) mass is 342 g/mol. The molecule has 1 atom stereocenters. The van der Waals surface area contributed by atoms with Crippen LogP contribution in [0.3, 0.4) is 0 Å². The Morgan fingerprint density at radius 3 is 2.62 bits per heavy atom. The molecule has 5 nitrogen and oxygen atoms in total. The van der Waals surface area contributed by atoms with Crippen molar-refractivity contribution in [2.24, 2.45) is 0 Å². The number of non-ortho nitro benzene ring substituents is 1. The maximum atomic E-state index is 12.8. The summed E-state index contributed by atoms with van der Waals surface area (Å²) in [6.07, 6.45) is 1.97. The lowest BCUT2D eigenvalue weighted by molar-refractivity contribution is -0.384. The number of hydrogen-bond acceptors (Lipinski definition) is 4. The van der Waals surface area contributed by atoms with Crippen LogP contribution < -0.4 is 4.90 Å². The summed E-state index contributed by atoms with van der Waals surface area (Å²) in [6, 6.07) is 14.3. The van der Waals surface area contributed by atoms with Gasteiger partial charge in [0.25, 0.3) is 5.69 Å². The molecule has 0 radical (unpaired) electrons. The molecular weight excluding hydrogens is 324 g/mol. The quantitative estimate of drug-likeness (QED) is 0.478. The molecule has 0 bridgehead atoms. The van der Waals surface area contributed by atoms with Crippen molar-refractivity contribution in [1.29, 1.82) is 0 Å². The second kappa shape index (κ2) is 7.05. The minimum absolute atomic E-state index is 0.0586. The van der Waals surface area contributed by atoms with E-state index in [1.807, 2.05) is 30.0 Å². The van der Waals surface area contributed by atoms with Crippen molar-refractivity contribution in [3.63, 3.8) is 0 Å². The fourth-order valence-electron chi connectivity index (χ4n) is 2.88. The Balaban J connectivity index is 1.72. The van der Waals surface area contributed by atoms with E-state index in [1.54, 1.807) is 12.1 Å². The number of aryl methyl sites for hydroxylation is 1. The summed E-state index contributed by atoms with van der Waals surface area (Å²) in [4.78, 5) is 25.8. The molecule has 0 fully saturated rings. The fraction of sp³-hybridized carbons (Fsp3) is 0.278. The summed E-state index contributed by atoms with van der Waals surface area (Å²) >= 11 is 1.43. The molecular formula is C18H18N2O3S. The highest BCUT2D eigenvalue weighted by atomic mass is 32.2. The van der Waals surface area contributed by atoms with Crippen LogP contribution in [0.15, 0.2) is 53.4 Å². The molecule has 1 aliphatic heterocycles. The molecule has 24 heavy (non-hydrogen) atoms. The van der Waals surface area contributed by atoms with E-state index < -0.39 is 4.92 Å². The highest BCUT2D eigenvalue weighted by molar-refractivity contribution is 8.00. The first-order valence-electron chi connectivity index (χ1n) is 7.86. The Kier molecular flexibility index (Phi) is 4.85. The molecule has 1 amide bonds. The van der Waals surface area contributed by atoms with Gasteiger partial charge in [0, 0.05) is 29.3 Å². The first-order chi connectivity index (χ1) is 11.6. The minimum atomic E-state index is -0.423. The molecule has 0 aromatic heterocycles. The van der Waals surface area contributed by atoms with Gasteiger partial charge in [0.1, 0.15) is 0 Å². The van der Waals surface area contributed by atoms with Gasteiger partial charge in [0.05, 0.1) is 10.2 Å². The standard InChI is InChI=1S/C18H18N2O3S/c1-13(24-16-10-8-15(9-11-16)20(22)23)18(21)19-12-4-6-14-5-2-3-7-17(14)19/h2-3,5,7-11,13H,4,6,12H2,1H3. The molecule has 0 aliphatic carbocycles. The molecule has 2 aromatic rings. The van der Waals surface area contributed by atoms with Crippen LogP contribution in [0.2, 0.25) is 0 Å². The Bertz CT molecular complexity index is 761. The molecule has 124 valence electrons. The van der Waals surface area contributed by atoms with E-state index in [0.717, 1.165) is 30.0 Å². The fourth-order valence-corrected chi connectivity index (χ4v) is 3.81. The third kappa shape index (κ3) is 3.43. The van der Waals surface area contributed by atoms with Gasteiger partial charge >= 0.3 is 0 Å². The molecule has 0 saturated carbocycles. The van der Waals surface area contributed by atoms with Crippen molar-refractivity contribution in [1.82, 2.24) is 0 Å². The summed E-state index contributed by atoms with van der Waals surface area (Å²) in [5, 5.41) is 10.5. The van der Waals surface area contributed by atoms with Gasteiger partial charge < -0.3 is 4.90 Å². The number of carbonyl (C=O) groups is 1. The van der Waals surface area contributed by atoms with Crippen molar-refractivity contribution in [3.8, 4) is 0 Å². The van der Waals surface area contributed by atoms with Crippen molar-refractivity contribution < 1.29 is 9.72 Å². The summed E-state index contributed by atoms with van der Waals surface area (Å²) in [5.74, 6) is 0.0745. The van der Waals surface area contributed by atoms with Crippen LogP contribution >= 0.6 is 11.8 Å². The number of nitro benzene ring substituents is 1. The van der Waals surface area contributed by atoms with Crippen molar-refractivity contribution in [2.75, 3.05) is 11.4 Å². The lowest BCUT2D eigenvalue weighted by atomic mass is 10.0. The van der Waals surface area contributed by atoms with Gasteiger partial charge in [0.2, 0.25) is 5.91 Å². The first-order valence-corrected chi connectivity index (χ1v) is 8.74. The smallest absolute Gasteiger partial charge is 0.269 e. The van der Waals surface area contributed by atoms with E-state index in [1.165, 1.54) is 29.5 Å². The number of carbonyl (C=O) groups excluding carboxylic acids is 1. The predicted octanol–water partition coefficient (Wildman–Crippen LogP) is 4.05. The Morgan fingerprint density at radius 2 is 1.92 bits per heavy atom. The summed E-state index contributed by atoms with van der Waals surface area (Å²) in [5.41, 5.74) is 2.28. The lowest BCUT2D eigenvalue weighted by Gasteiger charge is -2.31. The van der Waals surface area contributed by atoms with Crippen LogP contribution in [0, 0.1) is 10.1 Å². The van der Waals surface area contributed by atoms with E-state index >= 15 is 0 Å². The van der Waals surface area contributed by atoms with Gasteiger partial charge in [-0.25, -0.2) is 0 Å². The molecule has 1 unspecified atom stereocenters. The minimum Gasteiger partial charge on any atom is -0.311 e. The number of hydrogen-bond donors (Lipinski definition) is 0. The third-order valence-electron chi connectivity index (χ3n) is 4.08. The van der Waals surface area contributed by atoms with Crippen LogP contribution in [0.25, 0.3) is 0 Å². The van der Waals surface area contributed by atoms with Crippen LogP contribution in [-0.4, -0.2) is 22.6 Å². The highest BCUT2D eigenvalue weighted by Gasteiger charge is 2.26. The van der Waals surface area contributed by atoms with Crippen LogP contribution in [0.5, 0.6) is 0 Å². The second-order valence-electron chi connectivity index (χ2n) is 5.73. The van der Waals surface area contributed by atoms with Gasteiger partial charge in [-0.15, -0.1) is 11.8 Å². The summed E-state index contributed by atoms with van der Waals surface area (Å²) < 4.78 is 0. The van der Waals surface area contributed by atoms with E-state index in [0.29, 0.717) is 0 Å². The molecule has 6 heteroatoms. The van der Waals surface area contributed by atoms with E-state index in [-0.39, 0.29) is 16.8 Å². The second-order valence-corrected chi connectivity index (χ2v) is 7.15. The molecule has 1 aliphatic rings. The Hall–Kier alpha value is -2.34. The largest absolute Gasteiger partial charge is 0.311 e. The molecule has 0 N–H and O–H groups in total. The number of nitrogens with zero attached hydrogens (tertiary/aromatic N) is 2. The highest BCUT2D eigenvalue weighted by Crippen LogP contribution is 2.31. The molecule has 2 aromatic carbocycles. The van der Waals surface area contributed by atoms with Crippen molar-refractivity contribution in [2.45, 2.75) is 29.9 Å². The maximum Gasteiger partial charge on any atom is 0.269 e. The summed E-state index contributed by atoms with van der Waals surface area (Å²) in [7, 11) is 0. The predicted molar refractivity (Wildman–Crippen MR) is 95.5 cm³/mol. The molecule has 0 spiro atoms.